The molecule has 0 aromatic carbocycles. The third-order valence-corrected chi connectivity index (χ3v) is 6.28. The summed E-state index contributed by atoms with van der Waals surface area (Å²) in [7, 11) is 4.20. The zero-order chi connectivity index (χ0) is 19.2. The van der Waals surface area contributed by atoms with Crippen molar-refractivity contribution < 1.29 is 4.42 Å². The fourth-order valence-electron chi connectivity index (χ4n) is 2.98. The number of aromatic nitrogens is 4. The molecule has 146 valence electrons. The van der Waals surface area contributed by atoms with Gasteiger partial charge in [-0.3, -0.25) is 4.90 Å². The van der Waals surface area contributed by atoms with E-state index in [4.69, 9.17) is 4.42 Å². The molecule has 8 heteroatoms. The summed E-state index contributed by atoms with van der Waals surface area (Å²) >= 11 is 3.31. The highest BCUT2D eigenvalue weighted by molar-refractivity contribution is 7.98. The van der Waals surface area contributed by atoms with Crippen LogP contribution in [0.3, 0.4) is 0 Å². The zero-order valence-electron chi connectivity index (χ0n) is 16.4. The molecule has 0 aliphatic carbocycles. The molecule has 3 heterocycles. The van der Waals surface area contributed by atoms with Crippen molar-refractivity contribution in [2.45, 2.75) is 56.6 Å². The second-order valence-corrected chi connectivity index (χ2v) is 8.53. The molecule has 0 aliphatic heterocycles. The summed E-state index contributed by atoms with van der Waals surface area (Å²) in [5.41, 5.74) is 0.926. The first-order valence-corrected chi connectivity index (χ1v) is 11.2. The third-order valence-electron chi connectivity index (χ3n) is 4.42. The van der Waals surface area contributed by atoms with E-state index in [0.717, 1.165) is 53.1 Å². The van der Waals surface area contributed by atoms with Gasteiger partial charge in [-0.25, -0.2) is 4.98 Å². The fraction of sp³-hybridized carbons (Fsp3) is 0.526. The third kappa shape index (κ3) is 4.80. The maximum Gasteiger partial charge on any atom is 0.236 e. The van der Waals surface area contributed by atoms with Gasteiger partial charge in [0.05, 0.1) is 16.6 Å². The van der Waals surface area contributed by atoms with Gasteiger partial charge in [-0.05, 0) is 38.4 Å². The standard InChI is InChI=1S/C19H27N5OS2/c1-5-7-10-24-17(15(6-2)23(3)4)21-22-19(24)27-13-14-12-25-18(20-14)16-9-8-11-26-16/h8-9,11-12,15H,5-7,10,13H2,1-4H3. The quantitative estimate of drug-likeness (QED) is 0.437. The van der Waals surface area contributed by atoms with Crippen LogP contribution < -0.4 is 0 Å². The molecule has 0 N–H and O–H groups in total. The first-order chi connectivity index (χ1) is 13.1. The molecule has 1 unspecified atom stereocenters. The molecule has 3 aromatic heterocycles. The van der Waals surface area contributed by atoms with Gasteiger partial charge in [-0.2, -0.15) is 0 Å². The van der Waals surface area contributed by atoms with Crippen molar-refractivity contribution in [3.05, 3.63) is 35.3 Å². The Kier molecular flexibility index (Phi) is 7.09. The lowest BCUT2D eigenvalue weighted by Gasteiger charge is -2.23. The smallest absolute Gasteiger partial charge is 0.236 e. The van der Waals surface area contributed by atoms with E-state index < -0.39 is 0 Å². The Morgan fingerprint density at radius 1 is 1.30 bits per heavy atom. The number of thioether (sulfide) groups is 1. The van der Waals surface area contributed by atoms with Crippen molar-refractivity contribution >= 4 is 23.1 Å². The average Bonchev–Trinajstić information content (AvgIpc) is 3.39. The SMILES string of the molecule is CCCCn1c(SCc2coc(-c3cccs3)n2)nnc1C(CC)N(C)C. The Labute approximate surface area is 169 Å². The van der Waals surface area contributed by atoms with Crippen LogP contribution in [0, 0.1) is 0 Å². The molecule has 0 radical (unpaired) electrons. The van der Waals surface area contributed by atoms with Crippen molar-refractivity contribution in [2.24, 2.45) is 0 Å². The van der Waals surface area contributed by atoms with Crippen molar-refractivity contribution in [2.75, 3.05) is 14.1 Å². The van der Waals surface area contributed by atoms with Gasteiger partial charge in [0.15, 0.2) is 11.0 Å². The van der Waals surface area contributed by atoms with Crippen LogP contribution in [0.25, 0.3) is 10.8 Å². The molecule has 0 spiro atoms. The molecule has 0 aliphatic rings. The average molecular weight is 406 g/mol. The minimum atomic E-state index is 0.279. The van der Waals surface area contributed by atoms with Gasteiger partial charge < -0.3 is 8.98 Å². The molecule has 0 saturated carbocycles. The zero-order valence-corrected chi connectivity index (χ0v) is 18.0. The monoisotopic (exact) mass is 405 g/mol. The van der Waals surface area contributed by atoms with E-state index in [1.54, 1.807) is 29.4 Å². The van der Waals surface area contributed by atoms with Gasteiger partial charge in [-0.15, -0.1) is 21.5 Å². The van der Waals surface area contributed by atoms with Crippen LogP contribution in [0.2, 0.25) is 0 Å². The van der Waals surface area contributed by atoms with E-state index in [2.05, 4.69) is 52.6 Å². The van der Waals surface area contributed by atoms with Crippen molar-refractivity contribution in [1.29, 1.82) is 0 Å². The highest BCUT2D eigenvalue weighted by atomic mass is 32.2. The molecule has 0 amide bonds. The van der Waals surface area contributed by atoms with E-state index in [1.165, 1.54) is 0 Å². The van der Waals surface area contributed by atoms with Gasteiger partial charge >= 0.3 is 0 Å². The number of thiophene rings is 1. The maximum absolute atomic E-state index is 5.62. The number of hydrogen-bond acceptors (Lipinski definition) is 7. The fourth-order valence-corrected chi connectivity index (χ4v) is 4.49. The number of rotatable bonds is 10. The van der Waals surface area contributed by atoms with Crippen LogP contribution in [0.5, 0.6) is 0 Å². The number of unbranched alkanes of at least 4 members (excludes halogenated alkanes) is 1. The van der Waals surface area contributed by atoms with Gasteiger partial charge in [0.1, 0.15) is 6.26 Å². The molecule has 1 atom stereocenters. The number of hydrogen-bond donors (Lipinski definition) is 0. The van der Waals surface area contributed by atoms with E-state index in [9.17, 15) is 0 Å². The first-order valence-electron chi connectivity index (χ1n) is 9.34. The van der Waals surface area contributed by atoms with Crippen molar-refractivity contribution in [1.82, 2.24) is 24.6 Å². The lowest BCUT2D eigenvalue weighted by Crippen LogP contribution is -2.23. The van der Waals surface area contributed by atoms with Crippen LogP contribution in [0.4, 0.5) is 0 Å². The van der Waals surface area contributed by atoms with Crippen LogP contribution >= 0.6 is 23.1 Å². The normalized spacial score (nSPS) is 12.8. The summed E-state index contributed by atoms with van der Waals surface area (Å²) in [5, 5.41) is 12.0. The Morgan fingerprint density at radius 3 is 2.81 bits per heavy atom. The molecule has 6 nitrogen and oxygen atoms in total. The molecule has 3 rings (SSSR count). The summed E-state index contributed by atoms with van der Waals surface area (Å²) in [6.07, 6.45) is 5.02. The Morgan fingerprint density at radius 2 is 2.15 bits per heavy atom. The van der Waals surface area contributed by atoms with E-state index in [-0.39, 0.29) is 6.04 Å². The van der Waals surface area contributed by atoms with Crippen LogP contribution in [0.15, 0.2) is 33.3 Å². The molecule has 27 heavy (non-hydrogen) atoms. The Balaban J connectivity index is 1.75. The topological polar surface area (TPSA) is 60.0 Å². The Hall–Kier alpha value is -1.64. The van der Waals surface area contributed by atoms with Gasteiger partial charge in [0, 0.05) is 12.3 Å². The van der Waals surface area contributed by atoms with E-state index in [0.29, 0.717) is 5.89 Å². The van der Waals surface area contributed by atoms with Crippen LogP contribution in [0.1, 0.15) is 50.7 Å². The molecule has 0 fully saturated rings. The predicted octanol–water partition coefficient (Wildman–Crippen LogP) is 5.10. The molecule has 3 aromatic rings. The Bertz CT molecular complexity index is 825. The first kappa shape index (κ1) is 20.1. The second kappa shape index (κ2) is 9.52. The lowest BCUT2D eigenvalue weighted by molar-refractivity contribution is 0.270. The van der Waals surface area contributed by atoms with Gasteiger partial charge in [0.25, 0.3) is 0 Å². The summed E-state index contributed by atoms with van der Waals surface area (Å²) in [6.45, 7) is 5.35. The molecular weight excluding hydrogens is 378 g/mol. The minimum absolute atomic E-state index is 0.279. The molecule has 0 saturated heterocycles. The van der Waals surface area contributed by atoms with E-state index >= 15 is 0 Å². The summed E-state index contributed by atoms with van der Waals surface area (Å²) in [5.74, 6) is 2.46. The van der Waals surface area contributed by atoms with E-state index in [1.807, 2.05) is 17.5 Å². The number of nitrogens with zero attached hydrogens (tertiary/aromatic N) is 5. The summed E-state index contributed by atoms with van der Waals surface area (Å²) < 4.78 is 7.90. The minimum Gasteiger partial charge on any atom is -0.444 e. The van der Waals surface area contributed by atoms with Crippen LogP contribution in [-0.2, 0) is 12.3 Å². The lowest BCUT2D eigenvalue weighted by atomic mass is 10.2. The summed E-state index contributed by atoms with van der Waals surface area (Å²) in [6, 6.07) is 4.31. The van der Waals surface area contributed by atoms with Gasteiger partial charge in [-0.1, -0.05) is 38.1 Å². The van der Waals surface area contributed by atoms with Gasteiger partial charge in [0.2, 0.25) is 5.89 Å². The largest absolute Gasteiger partial charge is 0.444 e. The molecular formula is C19H27N5OS2. The number of oxazole rings is 1. The summed E-state index contributed by atoms with van der Waals surface area (Å²) in [4.78, 5) is 7.87. The van der Waals surface area contributed by atoms with Crippen LogP contribution in [-0.4, -0.2) is 38.7 Å². The van der Waals surface area contributed by atoms with Crippen molar-refractivity contribution in [3.8, 4) is 10.8 Å². The van der Waals surface area contributed by atoms with Crippen molar-refractivity contribution in [3.63, 3.8) is 0 Å². The highest BCUT2D eigenvalue weighted by Gasteiger charge is 2.22. The molecule has 0 bridgehead atoms. The highest BCUT2D eigenvalue weighted by Crippen LogP contribution is 2.29. The second-order valence-electron chi connectivity index (χ2n) is 6.64. The predicted molar refractivity (Wildman–Crippen MR) is 111 cm³/mol. The maximum atomic E-state index is 5.62.